The summed E-state index contributed by atoms with van der Waals surface area (Å²) >= 11 is 0. The molecule has 1 heterocycles. The zero-order chi connectivity index (χ0) is 12.5. The summed E-state index contributed by atoms with van der Waals surface area (Å²) in [5, 5.41) is 3.75. The Kier molecular flexibility index (Phi) is 3.06. The molecule has 92 valence electrons. The normalized spacial score (nSPS) is 20.0. The minimum Gasteiger partial charge on any atom is -0.387 e. The van der Waals surface area contributed by atoms with Crippen LogP contribution in [0.15, 0.2) is 29.4 Å². The molecule has 0 aromatic heterocycles. The van der Waals surface area contributed by atoms with Gasteiger partial charge < -0.3 is 10.6 Å². The van der Waals surface area contributed by atoms with Gasteiger partial charge in [0.2, 0.25) is 0 Å². The van der Waals surface area contributed by atoms with Gasteiger partial charge in [0.15, 0.2) is 6.10 Å². The highest BCUT2D eigenvalue weighted by atomic mass is 19.4. The highest BCUT2D eigenvalue weighted by molar-refractivity contribution is 5.87. The lowest BCUT2D eigenvalue weighted by molar-refractivity contribution is -0.137. The van der Waals surface area contributed by atoms with E-state index in [2.05, 4.69) is 5.16 Å². The van der Waals surface area contributed by atoms with E-state index >= 15 is 0 Å². The largest absolute Gasteiger partial charge is 0.416 e. The van der Waals surface area contributed by atoms with Crippen LogP contribution in [-0.4, -0.2) is 12.3 Å². The number of halogens is 3. The monoisotopic (exact) mass is 244 g/mol. The third-order valence-electron chi connectivity index (χ3n) is 2.58. The molecule has 3 nitrogen and oxygen atoms in total. The SMILES string of the molecule is NCC1=NOC(c2ccc(C(F)(F)F)cc2)C1. The van der Waals surface area contributed by atoms with Crippen LogP contribution >= 0.6 is 0 Å². The molecule has 1 aromatic rings. The molecule has 1 aliphatic heterocycles. The third-order valence-corrected chi connectivity index (χ3v) is 2.58. The molecule has 1 atom stereocenters. The topological polar surface area (TPSA) is 47.6 Å². The van der Waals surface area contributed by atoms with Crippen LogP contribution < -0.4 is 5.73 Å². The van der Waals surface area contributed by atoms with Gasteiger partial charge in [-0.1, -0.05) is 17.3 Å². The average Bonchev–Trinajstić information content (AvgIpc) is 2.76. The van der Waals surface area contributed by atoms with Crippen LogP contribution in [0.2, 0.25) is 0 Å². The zero-order valence-electron chi connectivity index (χ0n) is 8.87. The fraction of sp³-hybridized carbons (Fsp3) is 0.364. The molecule has 1 aliphatic rings. The number of oxime groups is 1. The van der Waals surface area contributed by atoms with Gasteiger partial charge in [-0.15, -0.1) is 0 Å². The van der Waals surface area contributed by atoms with E-state index in [1.165, 1.54) is 12.1 Å². The molecule has 1 unspecified atom stereocenters. The molecule has 17 heavy (non-hydrogen) atoms. The fourth-order valence-corrected chi connectivity index (χ4v) is 1.61. The van der Waals surface area contributed by atoms with Crippen LogP contribution in [0.1, 0.15) is 23.7 Å². The Labute approximate surface area is 96.0 Å². The number of hydrogen-bond donors (Lipinski definition) is 1. The number of alkyl halides is 3. The maximum absolute atomic E-state index is 12.3. The minimum absolute atomic E-state index is 0.303. The van der Waals surface area contributed by atoms with E-state index in [0.717, 1.165) is 17.8 Å². The fourth-order valence-electron chi connectivity index (χ4n) is 1.61. The molecule has 6 heteroatoms. The molecule has 0 saturated heterocycles. The molecular weight excluding hydrogens is 233 g/mol. The summed E-state index contributed by atoms with van der Waals surface area (Å²) in [6.07, 6.45) is -4.11. The first-order chi connectivity index (χ1) is 8.00. The number of rotatable bonds is 2. The van der Waals surface area contributed by atoms with E-state index in [-0.39, 0.29) is 6.10 Å². The summed E-state index contributed by atoms with van der Waals surface area (Å²) < 4.78 is 37.0. The maximum Gasteiger partial charge on any atom is 0.416 e. The molecular formula is C11H11F3N2O. The van der Waals surface area contributed by atoms with E-state index in [1.807, 2.05) is 0 Å². The van der Waals surface area contributed by atoms with Crippen molar-refractivity contribution in [3.8, 4) is 0 Å². The van der Waals surface area contributed by atoms with Crippen molar-refractivity contribution in [1.29, 1.82) is 0 Å². The second-order valence-electron chi connectivity index (χ2n) is 3.78. The molecule has 0 saturated carbocycles. The van der Waals surface area contributed by atoms with Gasteiger partial charge in [0.25, 0.3) is 0 Å². The predicted octanol–water partition coefficient (Wildman–Crippen LogP) is 2.48. The highest BCUT2D eigenvalue weighted by Gasteiger charge is 2.30. The Hall–Kier alpha value is -1.56. The molecule has 0 amide bonds. The standard InChI is InChI=1S/C11H11F3N2O/c12-11(13,14)8-3-1-7(2-4-8)10-5-9(6-15)16-17-10/h1-4,10H,5-6,15H2. The van der Waals surface area contributed by atoms with Gasteiger partial charge in [0.1, 0.15) is 0 Å². The Morgan fingerprint density at radius 3 is 2.41 bits per heavy atom. The summed E-state index contributed by atoms with van der Waals surface area (Å²) in [5.41, 5.74) is 6.12. The minimum atomic E-state index is -4.31. The van der Waals surface area contributed by atoms with Crippen molar-refractivity contribution >= 4 is 5.71 Å². The number of nitrogens with two attached hydrogens (primary N) is 1. The van der Waals surface area contributed by atoms with Gasteiger partial charge in [0.05, 0.1) is 11.3 Å². The summed E-state index contributed by atoms with van der Waals surface area (Å²) in [7, 11) is 0. The summed E-state index contributed by atoms with van der Waals surface area (Å²) in [6, 6.07) is 4.89. The lowest BCUT2D eigenvalue weighted by atomic mass is 10.0. The van der Waals surface area contributed by atoms with Crippen LogP contribution in [0.3, 0.4) is 0 Å². The van der Waals surface area contributed by atoms with Crippen LogP contribution in [0.25, 0.3) is 0 Å². The zero-order valence-corrected chi connectivity index (χ0v) is 8.87. The lowest BCUT2D eigenvalue weighted by Gasteiger charge is -2.10. The van der Waals surface area contributed by atoms with Crippen LogP contribution in [0.4, 0.5) is 13.2 Å². The molecule has 2 N–H and O–H groups in total. The number of nitrogens with zero attached hydrogens (tertiary/aromatic N) is 1. The van der Waals surface area contributed by atoms with E-state index in [9.17, 15) is 13.2 Å². The van der Waals surface area contributed by atoms with Crippen molar-refractivity contribution in [2.45, 2.75) is 18.7 Å². The number of benzene rings is 1. The van der Waals surface area contributed by atoms with Gasteiger partial charge in [-0.25, -0.2) is 0 Å². The molecule has 0 spiro atoms. The smallest absolute Gasteiger partial charge is 0.387 e. The first-order valence-corrected chi connectivity index (χ1v) is 5.09. The lowest BCUT2D eigenvalue weighted by Crippen LogP contribution is -2.12. The summed E-state index contributed by atoms with van der Waals surface area (Å²) in [6.45, 7) is 0.303. The van der Waals surface area contributed by atoms with Crippen molar-refractivity contribution in [1.82, 2.24) is 0 Å². The molecule has 0 aliphatic carbocycles. The first kappa shape index (κ1) is 11.9. The van der Waals surface area contributed by atoms with Crippen molar-refractivity contribution in [3.63, 3.8) is 0 Å². The van der Waals surface area contributed by atoms with Crippen molar-refractivity contribution < 1.29 is 18.0 Å². The van der Waals surface area contributed by atoms with E-state index < -0.39 is 11.7 Å². The van der Waals surface area contributed by atoms with Gasteiger partial charge in [-0.05, 0) is 17.7 Å². The Morgan fingerprint density at radius 2 is 1.94 bits per heavy atom. The van der Waals surface area contributed by atoms with E-state index in [0.29, 0.717) is 18.5 Å². The second-order valence-corrected chi connectivity index (χ2v) is 3.78. The van der Waals surface area contributed by atoms with Gasteiger partial charge in [0, 0.05) is 13.0 Å². The number of hydrogen-bond acceptors (Lipinski definition) is 3. The quantitative estimate of drug-likeness (QED) is 0.868. The predicted molar refractivity (Wildman–Crippen MR) is 56.4 cm³/mol. The summed E-state index contributed by atoms with van der Waals surface area (Å²) in [5.74, 6) is 0. The van der Waals surface area contributed by atoms with E-state index in [4.69, 9.17) is 10.6 Å². The average molecular weight is 244 g/mol. The second kappa shape index (κ2) is 4.37. The first-order valence-electron chi connectivity index (χ1n) is 5.09. The Balaban J connectivity index is 2.10. The Bertz CT molecular complexity index is 425. The third kappa shape index (κ3) is 2.58. The molecule has 2 rings (SSSR count). The van der Waals surface area contributed by atoms with Crippen molar-refractivity contribution in [2.24, 2.45) is 10.9 Å². The van der Waals surface area contributed by atoms with Gasteiger partial charge >= 0.3 is 6.18 Å². The van der Waals surface area contributed by atoms with Crippen molar-refractivity contribution in [2.75, 3.05) is 6.54 Å². The molecule has 0 fully saturated rings. The Morgan fingerprint density at radius 1 is 1.29 bits per heavy atom. The molecule has 0 radical (unpaired) electrons. The van der Waals surface area contributed by atoms with E-state index in [1.54, 1.807) is 0 Å². The highest BCUT2D eigenvalue weighted by Crippen LogP contribution is 2.32. The summed E-state index contributed by atoms with van der Waals surface area (Å²) in [4.78, 5) is 5.09. The van der Waals surface area contributed by atoms with Gasteiger partial charge in [-0.2, -0.15) is 13.2 Å². The van der Waals surface area contributed by atoms with Crippen LogP contribution in [-0.2, 0) is 11.0 Å². The molecule has 1 aromatic carbocycles. The van der Waals surface area contributed by atoms with Crippen LogP contribution in [0, 0.1) is 0 Å². The van der Waals surface area contributed by atoms with Gasteiger partial charge in [-0.3, -0.25) is 0 Å². The van der Waals surface area contributed by atoms with Crippen LogP contribution in [0.5, 0.6) is 0 Å². The molecule has 0 bridgehead atoms. The van der Waals surface area contributed by atoms with Crippen molar-refractivity contribution in [3.05, 3.63) is 35.4 Å². The maximum atomic E-state index is 12.3.